The number of pyridine rings is 1. The minimum Gasteiger partial charge on any atom is -0.356 e. The van der Waals surface area contributed by atoms with Crippen molar-refractivity contribution in [2.45, 2.75) is 45.3 Å². The van der Waals surface area contributed by atoms with Crippen LogP contribution in [0.3, 0.4) is 0 Å². The van der Waals surface area contributed by atoms with E-state index in [1.807, 2.05) is 26.0 Å². The lowest BCUT2D eigenvalue weighted by molar-refractivity contribution is -0.176. The highest BCUT2D eigenvalue weighted by Gasteiger charge is 2.42. The summed E-state index contributed by atoms with van der Waals surface area (Å²) < 4.78 is 38.7. The summed E-state index contributed by atoms with van der Waals surface area (Å²) in [5.74, 6) is -0.425. The predicted octanol–water partition coefficient (Wildman–Crippen LogP) is 3.44. The first-order valence-electron chi connectivity index (χ1n) is 7.34. The first kappa shape index (κ1) is 16.1. The highest BCUT2D eigenvalue weighted by atomic mass is 19.4. The third kappa shape index (κ3) is 3.87. The van der Waals surface area contributed by atoms with Crippen LogP contribution in [-0.4, -0.2) is 24.2 Å². The van der Waals surface area contributed by atoms with Crippen molar-refractivity contribution in [3.63, 3.8) is 0 Å². The minimum atomic E-state index is -4.13. The fourth-order valence-corrected chi connectivity index (χ4v) is 2.62. The second-order valence-electron chi connectivity index (χ2n) is 5.94. The van der Waals surface area contributed by atoms with Gasteiger partial charge in [0.15, 0.2) is 0 Å². The first-order chi connectivity index (χ1) is 9.81. The number of piperidine rings is 1. The molecule has 0 amide bonds. The number of halogens is 3. The topological polar surface area (TPSA) is 42.1 Å². The van der Waals surface area contributed by atoms with Crippen LogP contribution in [0.4, 0.5) is 19.0 Å². The van der Waals surface area contributed by atoms with Gasteiger partial charge < -0.3 is 10.6 Å². The molecular weight excluding hydrogens is 279 g/mol. The van der Waals surface area contributed by atoms with Crippen LogP contribution in [-0.2, 0) is 6.54 Å². The van der Waals surface area contributed by atoms with Gasteiger partial charge in [-0.2, -0.15) is 13.2 Å². The van der Waals surface area contributed by atoms with Crippen LogP contribution in [0.2, 0.25) is 0 Å². The van der Waals surface area contributed by atoms with Gasteiger partial charge in [-0.1, -0.05) is 13.8 Å². The first-order valence-corrected chi connectivity index (χ1v) is 7.34. The van der Waals surface area contributed by atoms with Gasteiger partial charge in [-0.05, 0) is 36.5 Å². The van der Waals surface area contributed by atoms with Gasteiger partial charge in [0, 0.05) is 25.3 Å². The number of alkyl halides is 3. The molecule has 1 unspecified atom stereocenters. The molecule has 0 aromatic carbocycles. The summed E-state index contributed by atoms with van der Waals surface area (Å²) in [4.78, 5) is 6.27. The Morgan fingerprint density at radius 3 is 2.67 bits per heavy atom. The molecule has 1 aliphatic rings. The lowest BCUT2D eigenvalue weighted by Crippen LogP contribution is -2.42. The smallest absolute Gasteiger partial charge is 0.356 e. The molecule has 118 valence electrons. The van der Waals surface area contributed by atoms with E-state index in [0.29, 0.717) is 25.3 Å². The number of hydrogen-bond donors (Lipinski definition) is 1. The summed E-state index contributed by atoms with van der Waals surface area (Å²) in [6, 6.07) is 3.74. The van der Waals surface area contributed by atoms with Gasteiger partial charge in [0.2, 0.25) is 0 Å². The zero-order valence-electron chi connectivity index (χ0n) is 12.5. The maximum absolute atomic E-state index is 12.9. The second-order valence-corrected chi connectivity index (χ2v) is 5.94. The SMILES string of the molecule is CC(C)c1cc(CN)cc(N2CCCC(C(F)(F)F)C2)n1. The summed E-state index contributed by atoms with van der Waals surface area (Å²) in [5, 5.41) is 0. The third-order valence-electron chi connectivity index (χ3n) is 3.93. The standard InChI is InChI=1S/C15H22F3N3/c1-10(2)13-6-11(8-19)7-14(20-13)21-5-3-4-12(9-21)15(16,17)18/h6-7,10,12H,3-5,8-9,19H2,1-2H3. The monoisotopic (exact) mass is 301 g/mol. The Balaban J connectivity index is 2.26. The van der Waals surface area contributed by atoms with E-state index < -0.39 is 12.1 Å². The Bertz CT molecular complexity index is 486. The molecule has 2 heterocycles. The molecular formula is C15H22F3N3. The fourth-order valence-electron chi connectivity index (χ4n) is 2.62. The van der Waals surface area contributed by atoms with Crippen molar-refractivity contribution in [3.05, 3.63) is 23.4 Å². The van der Waals surface area contributed by atoms with Crippen LogP contribution in [0.25, 0.3) is 0 Å². The van der Waals surface area contributed by atoms with Crippen LogP contribution in [0.15, 0.2) is 12.1 Å². The van der Waals surface area contributed by atoms with Crippen LogP contribution in [0, 0.1) is 5.92 Å². The van der Waals surface area contributed by atoms with Gasteiger partial charge in [-0.25, -0.2) is 4.98 Å². The quantitative estimate of drug-likeness (QED) is 0.930. The molecule has 0 radical (unpaired) electrons. The van der Waals surface area contributed by atoms with E-state index in [1.54, 1.807) is 4.90 Å². The zero-order chi connectivity index (χ0) is 15.6. The molecule has 6 heteroatoms. The largest absolute Gasteiger partial charge is 0.393 e. The van der Waals surface area contributed by atoms with Gasteiger partial charge in [0.05, 0.1) is 5.92 Å². The molecule has 1 aliphatic heterocycles. The molecule has 0 saturated carbocycles. The van der Waals surface area contributed by atoms with E-state index >= 15 is 0 Å². The van der Waals surface area contributed by atoms with Crippen molar-refractivity contribution in [3.8, 4) is 0 Å². The molecule has 1 saturated heterocycles. The van der Waals surface area contributed by atoms with Gasteiger partial charge in [-0.15, -0.1) is 0 Å². The highest BCUT2D eigenvalue weighted by molar-refractivity contribution is 5.44. The van der Waals surface area contributed by atoms with E-state index in [0.717, 1.165) is 11.3 Å². The molecule has 21 heavy (non-hydrogen) atoms. The number of anilines is 1. The van der Waals surface area contributed by atoms with Crippen molar-refractivity contribution in [1.29, 1.82) is 0 Å². The number of hydrogen-bond acceptors (Lipinski definition) is 3. The molecule has 0 spiro atoms. The maximum atomic E-state index is 12.9. The van der Waals surface area contributed by atoms with E-state index in [9.17, 15) is 13.2 Å². The van der Waals surface area contributed by atoms with Crippen molar-refractivity contribution < 1.29 is 13.2 Å². The van der Waals surface area contributed by atoms with Gasteiger partial charge in [0.1, 0.15) is 5.82 Å². The number of nitrogens with zero attached hydrogens (tertiary/aromatic N) is 2. The Hall–Kier alpha value is -1.30. The highest BCUT2D eigenvalue weighted by Crippen LogP contribution is 2.34. The van der Waals surface area contributed by atoms with Crippen LogP contribution in [0.1, 0.15) is 43.9 Å². The Morgan fingerprint density at radius 2 is 2.10 bits per heavy atom. The number of nitrogens with two attached hydrogens (primary N) is 1. The molecule has 2 rings (SSSR count). The second kappa shape index (κ2) is 6.22. The molecule has 2 N–H and O–H groups in total. The molecule has 3 nitrogen and oxygen atoms in total. The van der Waals surface area contributed by atoms with Crippen LogP contribution < -0.4 is 10.6 Å². The normalized spacial score (nSPS) is 20.1. The Labute approximate surface area is 123 Å². The minimum absolute atomic E-state index is 0.0118. The van der Waals surface area contributed by atoms with Crippen molar-refractivity contribution in [2.24, 2.45) is 11.7 Å². The van der Waals surface area contributed by atoms with E-state index in [4.69, 9.17) is 5.73 Å². The van der Waals surface area contributed by atoms with Crippen molar-refractivity contribution in [2.75, 3.05) is 18.0 Å². The van der Waals surface area contributed by atoms with Crippen LogP contribution in [0.5, 0.6) is 0 Å². The van der Waals surface area contributed by atoms with E-state index in [-0.39, 0.29) is 18.9 Å². The molecule has 0 aliphatic carbocycles. The summed E-state index contributed by atoms with van der Waals surface area (Å²) >= 11 is 0. The van der Waals surface area contributed by atoms with Gasteiger partial charge >= 0.3 is 6.18 Å². The summed E-state index contributed by atoms with van der Waals surface area (Å²) in [6.07, 6.45) is -3.39. The van der Waals surface area contributed by atoms with E-state index in [1.165, 1.54) is 0 Å². The number of rotatable bonds is 3. The molecule has 0 bridgehead atoms. The van der Waals surface area contributed by atoms with E-state index in [2.05, 4.69) is 4.98 Å². The summed E-state index contributed by atoms with van der Waals surface area (Å²) in [5.41, 5.74) is 7.48. The lowest BCUT2D eigenvalue weighted by atomic mass is 9.97. The van der Waals surface area contributed by atoms with Crippen molar-refractivity contribution >= 4 is 5.82 Å². The predicted molar refractivity (Wildman–Crippen MR) is 77.2 cm³/mol. The summed E-state index contributed by atoms with van der Waals surface area (Å²) in [7, 11) is 0. The maximum Gasteiger partial charge on any atom is 0.393 e. The molecule has 1 aromatic rings. The third-order valence-corrected chi connectivity index (χ3v) is 3.93. The van der Waals surface area contributed by atoms with Crippen LogP contribution >= 0.6 is 0 Å². The summed E-state index contributed by atoms with van der Waals surface area (Å²) in [6.45, 7) is 5.00. The van der Waals surface area contributed by atoms with Gasteiger partial charge in [0.25, 0.3) is 0 Å². The molecule has 1 atom stereocenters. The van der Waals surface area contributed by atoms with Gasteiger partial charge in [-0.3, -0.25) is 0 Å². The van der Waals surface area contributed by atoms with Crippen molar-refractivity contribution in [1.82, 2.24) is 4.98 Å². The molecule has 1 aromatic heterocycles. The molecule has 1 fully saturated rings. The lowest BCUT2D eigenvalue weighted by Gasteiger charge is -2.35. The zero-order valence-corrected chi connectivity index (χ0v) is 12.5. The fraction of sp³-hybridized carbons (Fsp3) is 0.667. The average molecular weight is 301 g/mol. The average Bonchev–Trinajstić information content (AvgIpc) is 2.46. The Kier molecular flexibility index (Phi) is 4.76. The number of aromatic nitrogens is 1. The Morgan fingerprint density at radius 1 is 1.38 bits per heavy atom.